The summed E-state index contributed by atoms with van der Waals surface area (Å²) in [7, 11) is 0. The van der Waals surface area contributed by atoms with Gasteiger partial charge in [0.05, 0.1) is 11.1 Å². The summed E-state index contributed by atoms with van der Waals surface area (Å²) in [4.78, 5) is 19.4. The Bertz CT molecular complexity index is 1150. The number of carbonyl (C=O) groups is 1. The number of pyridine rings is 1. The number of ketones is 1. The van der Waals surface area contributed by atoms with Crippen LogP contribution in [0.4, 0.5) is 0 Å². The van der Waals surface area contributed by atoms with E-state index in [-0.39, 0.29) is 5.78 Å². The maximum atomic E-state index is 13.0. The van der Waals surface area contributed by atoms with E-state index in [4.69, 9.17) is 9.47 Å². The summed E-state index contributed by atoms with van der Waals surface area (Å²) in [5.41, 5.74) is 5.73. The molecule has 3 aromatic rings. The van der Waals surface area contributed by atoms with E-state index in [9.17, 15) is 4.79 Å². The second kappa shape index (κ2) is 7.43. The first-order valence-corrected chi connectivity index (χ1v) is 10.00. The number of fused-ring (bicyclic) bond motifs is 3. The molecule has 0 N–H and O–H groups in total. The SMILES string of the molecule is Cc1ccc(CN2COc3cc(C)c4c(c3C2)O/C(=C\c2cccnc2)C4=O)cc1. The Labute approximate surface area is 175 Å². The molecule has 0 radical (unpaired) electrons. The first kappa shape index (κ1) is 18.6. The molecule has 5 rings (SSSR count). The summed E-state index contributed by atoms with van der Waals surface area (Å²) in [6.07, 6.45) is 5.16. The fraction of sp³-hybridized carbons (Fsp3) is 0.200. The summed E-state index contributed by atoms with van der Waals surface area (Å²) in [6, 6.07) is 14.2. The average molecular weight is 398 g/mol. The summed E-state index contributed by atoms with van der Waals surface area (Å²) in [6.45, 7) is 5.95. The monoisotopic (exact) mass is 398 g/mol. The second-order valence-electron chi connectivity index (χ2n) is 7.85. The highest BCUT2D eigenvalue weighted by molar-refractivity contribution is 6.15. The molecule has 0 spiro atoms. The molecule has 0 fully saturated rings. The van der Waals surface area contributed by atoms with Crippen LogP contribution in [0.2, 0.25) is 0 Å². The predicted molar refractivity (Wildman–Crippen MR) is 114 cm³/mol. The first-order valence-electron chi connectivity index (χ1n) is 10.00. The molecule has 30 heavy (non-hydrogen) atoms. The van der Waals surface area contributed by atoms with Crippen molar-refractivity contribution in [1.29, 1.82) is 0 Å². The Morgan fingerprint density at radius 2 is 2.00 bits per heavy atom. The highest BCUT2D eigenvalue weighted by atomic mass is 16.5. The number of aryl methyl sites for hydroxylation is 2. The molecule has 150 valence electrons. The van der Waals surface area contributed by atoms with Crippen LogP contribution in [0.5, 0.6) is 11.5 Å². The molecule has 2 aliphatic rings. The number of benzene rings is 2. The van der Waals surface area contributed by atoms with E-state index in [0.717, 1.165) is 29.0 Å². The van der Waals surface area contributed by atoms with Crippen LogP contribution >= 0.6 is 0 Å². The van der Waals surface area contributed by atoms with E-state index in [1.54, 1.807) is 18.5 Å². The molecule has 0 bridgehead atoms. The van der Waals surface area contributed by atoms with Crippen molar-refractivity contribution in [1.82, 2.24) is 9.88 Å². The molecule has 2 aromatic carbocycles. The lowest BCUT2D eigenvalue weighted by atomic mass is 9.98. The minimum atomic E-state index is -0.0928. The van der Waals surface area contributed by atoms with Crippen molar-refractivity contribution in [3.8, 4) is 11.5 Å². The van der Waals surface area contributed by atoms with E-state index in [2.05, 4.69) is 41.1 Å². The zero-order valence-corrected chi connectivity index (χ0v) is 17.0. The van der Waals surface area contributed by atoms with Crippen LogP contribution in [0.1, 0.15) is 38.2 Å². The van der Waals surface area contributed by atoms with Crippen LogP contribution in [-0.2, 0) is 13.1 Å². The number of carbonyl (C=O) groups excluding carboxylic acids is 1. The Hall–Kier alpha value is -3.44. The number of hydrogen-bond acceptors (Lipinski definition) is 5. The van der Waals surface area contributed by atoms with Crippen molar-refractivity contribution >= 4 is 11.9 Å². The smallest absolute Gasteiger partial charge is 0.232 e. The molecule has 0 amide bonds. The van der Waals surface area contributed by atoms with E-state index in [0.29, 0.717) is 30.3 Å². The van der Waals surface area contributed by atoms with Gasteiger partial charge in [-0.25, -0.2) is 0 Å². The third kappa shape index (κ3) is 3.37. The minimum absolute atomic E-state index is 0.0928. The van der Waals surface area contributed by atoms with Gasteiger partial charge in [-0.2, -0.15) is 0 Å². The molecule has 1 aromatic heterocycles. The molecule has 0 aliphatic carbocycles. The normalized spacial score (nSPS) is 16.7. The quantitative estimate of drug-likeness (QED) is 0.600. The van der Waals surface area contributed by atoms with Crippen LogP contribution < -0.4 is 9.47 Å². The van der Waals surface area contributed by atoms with Gasteiger partial charge in [0.2, 0.25) is 5.78 Å². The van der Waals surface area contributed by atoms with E-state index >= 15 is 0 Å². The molecular weight excluding hydrogens is 376 g/mol. The zero-order chi connectivity index (χ0) is 20.7. The van der Waals surface area contributed by atoms with E-state index < -0.39 is 0 Å². The van der Waals surface area contributed by atoms with Crippen molar-refractivity contribution < 1.29 is 14.3 Å². The number of rotatable bonds is 3. The molecular formula is C25H22N2O3. The highest BCUT2D eigenvalue weighted by Gasteiger charge is 2.35. The lowest BCUT2D eigenvalue weighted by Crippen LogP contribution is -2.31. The van der Waals surface area contributed by atoms with Crippen molar-refractivity contribution in [3.63, 3.8) is 0 Å². The number of nitrogens with zero attached hydrogens (tertiary/aromatic N) is 2. The van der Waals surface area contributed by atoms with Gasteiger partial charge in [0.25, 0.3) is 0 Å². The lowest BCUT2D eigenvalue weighted by molar-refractivity contribution is 0.0872. The van der Waals surface area contributed by atoms with Gasteiger partial charge in [0.15, 0.2) is 5.76 Å². The van der Waals surface area contributed by atoms with Crippen molar-refractivity contribution in [2.75, 3.05) is 6.73 Å². The van der Waals surface area contributed by atoms with Gasteiger partial charge in [0.1, 0.15) is 18.2 Å². The summed E-state index contributed by atoms with van der Waals surface area (Å²) in [5, 5.41) is 0. The van der Waals surface area contributed by atoms with Crippen LogP contribution in [0.3, 0.4) is 0 Å². The number of ether oxygens (including phenoxy) is 2. The van der Waals surface area contributed by atoms with Crippen LogP contribution in [0, 0.1) is 13.8 Å². The third-order valence-corrected chi connectivity index (χ3v) is 5.50. The van der Waals surface area contributed by atoms with Crippen LogP contribution in [-0.4, -0.2) is 22.4 Å². The molecule has 2 aliphatic heterocycles. The van der Waals surface area contributed by atoms with Gasteiger partial charge >= 0.3 is 0 Å². The number of hydrogen-bond donors (Lipinski definition) is 0. The number of Topliss-reactive ketones (excluding diaryl/α,β-unsaturated/α-hetero) is 1. The maximum absolute atomic E-state index is 13.0. The van der Waals surface area contributed by atoms with Gasteiger partial charge in [-0.05, 0) is 48.7 Å². The van der Waals surface area contributed by atoms with Gasteiger partial charge in [-0.3, -0.25) is 14.7 Å². The third-order valence-electron chi connectivity index (χ3n) is 5.50. The lowest BCUT2D eigenvalue weighted by Gasteiger charge is -2.30. The topological polar surface area (TPSA) is 51.7 Å². The highest BCUT2D eigenvalue weighted by Crippen LogP contribution is 2.44. The number of allylic oxidation sites excluding steroid dienone is 1. The second-order valence-corrected chi connectivity index (χ2v) is 7.85. The van der Waals surface area contributed by atoms with Crippen molar-refractivity contribution in [2.24, 2.45) is 0 Å². The fourth-order valence-corrected chi connectivity index (χ4v) is 3.94. The van der Waals surface area contributed by atoms with Crippen LogP contribution in [0.25, 0.3) is 6.08 Å². The first-order chi connectivity index (χ1) is 14.6. The molecule has 3 heterocycles. The van der Waals surface area contributed by atoms with Gasteiger partial charge in [-0.1, -0.05) is 35.9 Å². The Kier molecular flexibility index (Phi) is 4.60. The fourth-order valence-electron chi connectivity index (χ4n) is 3.94. The largest absolute Gasteiger partial charge is 0.478 e. The molecule has 0 saturated carbocycles. The maximum Gasteiger partial charge on any atom is 0.232 e. The van der Waals surface area contributed by atoms with Gasteiger partial charge in [0, 0.05) is 25.5 Å². The van der Waals surface area contributed by atoms with E-state index in [1.807, 2.05) is 25.1 Å². The van der Waals surface area contributed by atoms with Crippen LogP contribution in [0.15, 0.2) is 60.6 Å². The molecule has 0 atom stereocenters. The summed E-state index contributed by atoms with van der Waals surface area (Å²) in [5.74, 6) is 1.65. The molecule has 0 saturated heterocycles. The Balaban J connectivity index is 1.46. The predicted octanol–water partition coefficient (Wildman–Crippen LogP) is 4.67. The standard InChI is InChI=1S/C25H22N2O3/c1-16-5-7-18(8-6-16)13-27-14-20-21(29-15-27)10-17(2)23-24(28)22(30-25(20)23)11-19-4-3-9-26-12-19/h3-12H,13-15H2,1-2H3/b22-11-. The van der Waals surface area contributed by atoms with Crippen molar-refractivity contribution in [2.45, 2.75) is 26.9 Å². The van der Waals surface area contributed by atoms with E-state index in [1.165, 1.54) is 11.1 Å². The molecule has 5 nitrogen and oxygen atoms in total. The summed E-state index contributed by atoms with van der Waals surface area (Å²) < 4.78 is 12.1. The van der Waals surface area contributed by atoms with Crippen molar-refractivity contribution in [3.05, 3.63) is 94.0 Å². The molecule has 5 heteroatoms. The van der Waals surface area contributed by atoms with Gasteiger partial charge in [-0.15, -0.1) is 0 Å². The van der Waals surface area contributed by atoms with Gasteiger partial charge < -0.3 is 9.47 Å². The minimum Gasteiger partial charge on any atom is -0.478 e. The average Bonchev–Trinajstić information content (AvgIpc) is 3.08. The zero-order valence-electron chi connectivity index (χ0n) is 17.0. The number of aromatic nitrogens is 1. The Morgan fingerprint density at radius 1 is 1.17 bits per heavy atom. The molecule has 0 unspecified atom stereocenters. The Morgan fingerprint density at radius 3 is 2.77 bits per heavy atom. The summed E-state index contributed by atoms with van der Waals surface area (Å²) >= 11 is 0.